The number of nitrogens with two attached hydrogens (primary N) is 1. The molecule has 0 spiro atoms. The standard InChI is InChI=1S/C27H25F3N6O2/c28-27(29,30)20-9-16(15-31)10-21(13-20)34-26(37)18-2-1-17-3-4-22(12-19(17)11-18)38-23-5-7-32-25(14-23)35-24-6-8-33-36-24/h3-10,12-14,18H,1-2,11,15,31H2,(H,34,37)(H2,32,33,35,36). The Hall–Kier alpha value is -4.38. The van der Waals surface area contributed by atoms with E-state index in [0.717, 1.165) is 23.3 Å². The third kappa shape index (κ3) is 5.94. The topological polar surface area (TPSA) is 118 Å². The number of rotatable bonds is 7. The van der Waals surface area contributed by atoms with Crippen molar-refractivity contribution in [3.05, 3.63) is 89.2 Å². The van der Waals surface area contributed by atoms with Gasteiger partial charge in [-0.25, -0.2) is 4.98 Å². The number of hydrogen-bond acceptors (Lipinski definition) is 6. The summed E-state index contributed by atoms with van der Waals surface area (Å²) in [5, 5.41) is 12.4. The number of carbonyl (C=O) groups excluding carboxylic acids is 1. The minimum Gasteiger partial charge on any atom is -0.457 e. The van der Waals surface area contributed by atoms with Crippen LogP contribution in [0.25, 0.3) is 0 Å². The SMILES string of the molecule is NCc1cc(NC(=O)C2CCc3ccc(Oc4ccnc(Nc5ccn[nH]5)c4)cc3C2)cc(C(F)(F)F)c1. The van der Waals surface area contributed by atoms with E-state index in [0.29, 0.717) is 48.0 Å². The van der Waals surface area contributed by atoms with Gasteiger partial charge in [-0.2, -0.15) is 18.3 Å². The number of H-pyrrole nitrogens is 1. The number of nitrogens with zero attached hydrogens (tertiary/aromatic N) is 2. The maximum atomic E-state index is 13.3. The monoisotopic (exact) mass is 522 g/mol. The number of anilines is 3. The number of pyridine rings is 1. The minimum absolute atomic E-state index is 0.0649. The maximum Gasteiger partial charge on any atom is 0.416 e. The van der Waals surface area contributed by atoms with Crippen molar-refractivity contribution in [3.63, 3.8) is 0 Å². The largest absolute Gasteiger partial charge is 0.457 e. The van der Waals surface area contributed by atoms with Crippen LogP contribution in [0.5, 0.6) is 11.5 Å². The predicted molar refractivity (Wildman–Crippen MR) is 136 cm³/mol. The number of nitrogens with one attached hydrogen (secondary N) is 3. The Morgan fingerprint density at radius 3 is 2.66 bits per heavy atom. The van der Waals surface area contributed by atoms with Crippen LogP contribution >= 0.6 is 0 Å². The summed E-state index contributed by atoms with van der Waals surface area (Å²) in [5.41, 5.74) is 7.18. The molecule has 0 radical (unpaired) electrons. The van der Waals surface area contributed by atoms with E-state index in [-0.39, 0.29) is 24.1 Å². The van der Waals surface area contributed by atoms with Crippen molar-refractivity contribution in [2.75, 3.05) is 10.6 Å². The summed E-state index contributed by atoms with van der Waals surface area (Å²) in [6, 6.07) is 14.4. The number of amides is 1. The summed E-state index contributed by atoms with van der Waals surface area (Å²) >= 11 is 0. The quantitative estimate of drug-likeness (QED) is 0.252. The van der Waals surface area contributed by atoms with Gasteiger partial charge >= 0.3 is 6.18 Å². The third-order valence-electron chi connectivity index (χ3n) is 6.33. The van der Waals surface area contributed by atoms with Crippen LogP contribution in [0.15, 0.2) is 67.0 Å². The molecule has 11 heteroatoms. The second-order valence-electron chi connectivity index (χ2n) is 9.05. The maximum absolute atomic E-state index is 13.3. The molecule has 0 bridgehead atoms. The summed E-state index contributed by atoms with van der Waals surface area (Å²) in [7, 11) is 0. The zero-order chi connectivity index (χ0) is 26.7. The van der Waals surface area contributed by atoms with Crippen LogP contribution in [0.2, 0.25) is 0 Å². The lowest BCUT2D eigenvalue weighted by molar-refractivity contribution is -0.137. The van der Waals surface area contributed by atoms with Crippen LogP contribution in [-0.4, -0.2) is 21.1 Å². The second kappa shape index (κ2) is 10.5. The van der Waals surface area contributed by atoms with Gasteiger partial charge < -0.3 is 21.1 Å². The lowest BCUT2D eigenvalue weighted by Gasteiger charge is -2.25. The molecule has 4 aromatic rings. The lowest BCUT2D eigenvalue weighted by Crippen LogP contribution is -2.28. The molecular formula is C27H25F3N6O2. The highest BCUT2D eigenvalue weighted by Crippen LogP contribution is 2.34. The highest BCUT2D eigenvalue weighted by Gasteiger charge is 2.32. The summed E-state index contributed by atoms with van der Waals surface area (Å²) in [5.74, 6) is 1.74. The molecule has 196 valence electrons. The first-order valence-corrected chi connectivity index (χ1v) is 12.0. The lowest BCUT2D eigenvalue weighted by atomic mass is 9.83. The molecule has 2 aromatic carbocycles. The number of aryl methyl sites for hydroxylation is 1. The van der Waals surface area contributed by atoms with Gasteiger partial charge in [0.05, 0.1) is 11.8 Å². The number of alkyl halides is 3. The van der Waals surface area contributed by atoms with Crippen molar-refractivity contribution in [2.24, 2.45) is 11.7 Å². The van der Waals surface area contributed by atoms with E-state index in [4.69, 9.17) is 10.5 Å². The molecule has 1 aliphatic rings. The number of benzene rings is 2. The van der Waals surface area contributed by atoms with Crippen molar-refractivity contribution >= 4 is 23.2 Å². The molecule has 38 heavy (non-hydrogen) atoms. The van der Waals surface area contributed by atoms with Gasteiger partial charge in [-0.05, 0) is 72.4 Å². The summed E-state index contributed by atoms with van der Waals surface area (Å²) < 4.78 is 45.8. The van der Waals surface area contributed by atoms with Crippen molar-refractivity contribution in [1.29, 1.82) is 0 Å². The Kier molecular flexibility index (Phi) is 7.01. The fourth-order valence-electron chi connectivity index (χ4n) is 4.45. The smallest absolute Gasteiger partial charge is 0.416 e. The van der Waals surface area contributed by atoms with E-state index >= 15 is 0 Å². The Labute approximate surface area is 216 Å². The fourth-order valence-corrected chi connectivity index (χ4v) is 4.45. The number of aromatic amines is 1. The number of carbonyl (C=O) groups is 1. The normalized spacial score (nSPS) is 15.0. The van der Waals surface area contributed by atoms with Crippen LogP contribution < -0.4 is 21.1 Å². The van der Waals surface area contributed by atoms with E-state index in [1.54, 1.807) is 30.6 Å². The molecule has 0 fully saturated rings. The Balaban J connectivity index is 1.27. The first-order valence-electron chi connectivity index (χ1n) is 12.0. The zero-order valence-electron chi connectivity index (χ0n) is 20.2. The van der Waals surface area contributed by atoms with E-state index in [1.807, 2.05) is 18.2 Å². The van der Waals surface area contributed by atoms with Crippen LogP contribution in [0.3, 0.4) is 0 Å². The molecule has 1 amide bonds. The second-order valence-corrected chi connectivity index (χ2v) is 9.05. The summed E-state index contributed by atoms with van der Waals surface area (Å²) in [6.45, 7) is -0.0649. The molecule has 0 saturated carbocycles. The number of aromatic nitrogens is 3. The molecule has 2 aromatic heterocycles. The van der Waals surface area contributed by atoms with Crippen molar-refractivity contribution in [3.8, 4) is 11.5 Å². The zero-order valence-corrected chi connectivity index (χ0v) is 20.2. The Morgan fingerprint density at radius 1 is 1.05 bits per heavy atom. The first kappa shape index (κ1) is 25.3. The van der Waals surface area contributed by atoms with Gasteiger partial charge in [-0.1, -0.05) is 6.07 Å². The van der Waals surface area contributed by atoms with Gasteiger partial charge in [0.15, 0.2) is 0 Å². The number of hydrogen-bond donors (Lipinski definition) is 4. The molecule has 8 nitrogen and oxygen atoms in total. The molecule has 1 aliphatic carbocycles. The Morgan fingerprint density at radius 2 is 1.89 bits per heavy atom. The molecule has 5 rings (SSSR count). The van der Waals surface area contributed by atoms with Crippen LogP contribution in [-0.2, 0) is 30.4 Å². The van der Waals surface area contributed by atoms with Gasteiger partial charge in [0.25, 0.3) is 0 Å². The van der Waals surface area contributed by atoms with Gasteiger partial charge in [0.2, 0.25) is 5.91 Å². The van der Waals surface area contributed by atoms with Crippen LogP contribution in [0, 0.1) is 5.92 Å². The van der Waals surface area contributed by atoms with Crippen molar-refractivity contribution in [1.82, 2.24) is 15.2 Å². The van der Waals surface area contributed by atoms with E-state index in [9.17, 15) is 18.0 Å². The number of halogens is 3. The van der Waals surface area contributed by atoms with Gasteiger partial charge in [0, 0.05) is 36.5 Å². The van der Waals surface area contributed by atoms with Crippen LogP contribution in [0.1, 0.15) is 28.7 Å². The van der Waals surface area contributed by atoms with Crippen molar-refractivity contribution in [2.45, 2.75) is 32.0 Å². The molecule has 1 unspecified atom stereocenters. The highest BCUT2D eigenvalue weighted by atomic mass is 19.4. The highest BCUT2D eigenvalue weighted by molar-refractivity contribution is 5.93. The molecule has 5 N–H and O–H groups in total. The van der Waals surface area contributed by atoms with E-state index < -0.39 is 11.7 Å². The molecule has 1 atom stereocenters. The average molecular weight is 523 g/mol. The summed E-state index contributed by atoms with van der Waals surface area (Å²) in [4.78, 5) is 17.3. The van der Waals surface area contributed by atoms with Gasteiger partial charge in [-0.3, -0.25) is 9.89 Å². The van der Waals surface area contributed by atoms with Gasteiger partial charge in [-0.15, -0.1) is 0 Å². The molecule has 0 saturated heterocycles. The predicted octanol–water partition coefficient (Wildman–Crippen LogP) is 5.56. The minimum atomic E-state index is -4.53. The van der Waals surface area contributed by atoms with E-state index in [1.165, 1.54) is 6.07 Å². The van der Waals surface area contributed by atoms with E-state index in [2.05, 4.69) is 25.8 Å². The Bertz CT molecular complexity index is 1440. The van der Waals surface area contributed by atoms with Gasteiger partial charge in [0.1, 0.15) is 23.1 Å². The number of fused-ring (bicyclic) bond motifs is 1. The average Bonchev–Trinajstić information content (AvgIpc) is 3.41. The molecular weight excluding hydrogens is 497 g/mol. The van der Waals surface area contributed by atoms with Crippen LogP contribution in [0.4, 0.5) is 30.5 Å². The third-order valence-corrected chi connectivity index (χ3v) is 6.33. The summed E-state index contributed by atoms with van der Waals surface area (Å²) in [6.07, 6.45) is 0.434. The fraction of sp³-hybridized carbons (Fsp3) is 0.222. The molecule has 0 aliphatic heterocycles. The first-order chi connectivity index (χ1) is 18.3. The van der Waals surface area contributed by atoms with Crippen molar-refractivity contribution < 1.29 is 22.7 Å². The number of ether oxygens (including phenoxy) is 1. The molecule has 2 heterocycles.